The van der Waals surface area contributed by atoms with E-state index >= 15 is 0 Å². The first-order chi connectivity index (χ1) is 15.4. The number of hydrogen-bond donors (Lipinski definition) is 3. The van der Waals surface area contributed by atoms with Gasteiger partial charge in [-0.25, -0.2) is 0 Å². The second kappa shape index (κ2) is 19.4. The molecule has 0 fully saturated rings. The molecular weight excluding hydrogens is 458 g/mol. The third-order valence-electron chi connectivity index (χ3n) is 4.71. The molecule has 3 amide bonds. The minimum atomic E-state index is -0.480. The molecule has 0 unspecified atom stereocenters. The summed E-state index contributed by atoms with van der Waals surface area (Å²) in [7, 11) is 5.01. The molecule has 0 aromatic heterocycles. The Kier molecular flexibility index (Phi) is 20.1. The van der Waals surface area contributed by atoms with Crippen LogP contribution in [0.4, 0.5) is 0 Å². The van der Waals surface area contributed by atoms with Gasteiger partial charge in [-0.3, -0.25) is 14.4 Å². The molecule has 0 heterocycles. The van der Waals surface area contributed by atoms with Crippen LogP contribution in [0.3, 0.4) is 0 Å². The van der Waals surface area contributed by atoms with Crippen molar-refractivity contribution in [2.45, 2.75) is 99.1 Å². The van der Waals surface area contributed by atoms with Crippen LogP contribution in [-0.4, -0.2) is 61.1 Å². The first-order valence-corrected chi connectivity index (χ1v) is 14.5. The molecule has 9 heteroatoms. The number of carbonyl (C=O) groups excluding carboxylic acids is 3. The maximum atomic E-state index is 12.2. The fraction of sp³-hybridized carbons (Fsp3) is 0.875. The van der Waals surface area contributed by atoms with E-state index in [1.807, 2.05) is 55.4 Å². The Morgan fingerprint density at radius 1 is 0.909 bits per heavy atom. The fourth-order valence-electron chi connectivity index (χ4n) is 2.49. The van der Waals surface area contributed by atoms with Crippen LogP contribution in [0, 0.1) is 5.41 Å². The zero-order chi connectivity index (χ0) is 25.9. The van der Waals surface area contributed by atoms with E-state index in [-0.39, 0.29) is 29.4 Å². The highest BCUT2D eigenvalue weighted by Gasteiger charge is 2.29. The Labute approximate surface area is 210 Å². The van der Waals surface area contributed by atoms with Crippen molar-refractivity contribution in [1.29, 1.82) is 0 Å². The third kappa shape index (κ3) is 20.2. The molecule has 7 nitrogen and oxygen atoms in total. The van der Waals surface area contributed by atoms with Crippen LogP contribution in [-0.2, 0) is 19.1 Å². The second-order valence-electron chi connectivity index (χ2n) is 9.14. The van der Waals surface area contributed by atoms with Crippen molar-refractivity contribution in [3.63, 3.8) is 0 Å². The standard InChI is InChI=1S/C22H43N3O4S2.C2H6/c1-17(2)25-20(28)21(3,4)12-14-29-22(5,6)11-13-24-19(27)10-16-31-30-15-8-9-18(26)23-7;1-2/h17H,8-16H2,1-7H3,(H,23,26)(H,24,27)(H,25,28);1-2H3. The molecule has 0 bridgehead atoms. The molecule has 0 atom stereocenters. The maximum absolute atomic E-state index is 12.2. The largest absolute Gasteiger partial charge is 0.375 e. The van der Waals surface area contributed by atoms with Gasteiger partial charge < -0.3 is 20.7 Å². The summed E-state index contributed by atoms with van der Waals surface area (Å²) in [5.74, 6) is 1.81. The van der Waals surface area contributed by atoms with Gasteiger partial charge >= 0.3 is 0 Å². The lowest BCUT2D eigenvalue weighted by Gasteiger charge is -2.29. The van der Waals surface area contributed by atoms with Gasteiger partial charge in [0.2, 0.25) is 17.7 Å². The Balaban J connectivity index is 0. The highest BCUT2D eigenvalue weighted by molar-refractivity contribution is 8.76. The van der Waals surface area contributed by atoms with Gasteiger partial charge in [0.15, 0.2) is 0 Å². The van der Waals surface area contributed by atoms with E-state index in [1.54, 1.807) is 28.6 Å². The van der Waals surface area contributed by atoms with E-state index in [9.17, 15) is 14.4 Å². The fourth-order valence-corrected chi connectivity index (χ4v) is 4.56. The van der Waals surface area contributed by atoms with Gasteiger partial charge in [-0.05, 0) is 47.0 Å². The Hall–Kier alpha value is -0.930. The number of carbonyl (C=O) groups is 3. The lowest BCUT2D eigenvalue weighted by molar-refractivity contribution is -0.132. The van der Waals surface area contributed by atoms with Crippen molar-refractivity contribution in [3.8, 4) is 0 Å². The van der Waals surface area contributed by atoms with Crippen LogP contribution >= 0.6 is 21.6 Å². The zero-order valence-corrected chi connectivity index (χ0v) is 24.0. The summed E-state index contributed by atoms with van der Waals surface area (Å²) in [6.07, 6.45) is 3.22. The summed E-state index contributed by atoms with van der Waals surface area (Å²) in [5.41, 5.74) is -0.847. The lowest BCUT2D eigenvalue weighted by atomic mass is 9.88. The lowest BCUT2D eigenvalue weighted by Crippen LogP contribution is -2.41. The molecule has 196 valence electrons. The van der Waals surface area contributed by atoms with Crippen LogP contribution in [0.25, 0.3) is 0 Å². The van der Waals surface area contributed by atoms with Crippen molar-refractivity contribution in [2.24, 2.45) is 5.41 Å². The summed E-state index contributed by atoms with van der Waals surface area (Å²) < 4.78 is 6.00. The van der Waals surface area contributed by atoms with Crippen LogP contribution in [0.15, 0.2) is 0 Å². The monoisotopic (exact) mass is 507 g/mol. The Morgan fingerprint density at radius 3 is 2.09 bits per heavy atom. The minimum absolute atomic E-state index is 0.0404. The van der Waals surface area contributed by atoms with Crippen LogP contribution < -0.4 is 16.0 Å². The highest BCUT2D eigenvalue weighted by Crippen LogP contribution is 2.24. The molecule has 0 aromatic rings. The van der Waals surface area contributed by atoms with Crippen molar-refractivity contribution < 1.29 is 19.1 Å². The predicted octanol–water partition coefficient (Wildman–Crippen LogP) is 4.55. The van der Waals surface area contributed by atoms with Gasteiger partial charge in [0, 0.05) is 56.0 Å². The first kappa shape index (κ1) is 34.2. The molecule has 0 aliphatic rings. The number of ether oxygens (including phenoxy) is 1. The van der Waals surface area contributed by atoms with Crippen LogP contribution in [0.5, 0.6) is 0 Å². The van der Waals surface area contributed by atoms with Gasteiger partial charge in [0.05, 0.1) is 5.60 Å². The third-order valence-corrected chi connectivity index (χ3v) is 7.20. The molecule has 0 aromatic carbocycles. The van der Waals surface area contributed by atoms with Crippen LogP contribution in [0.2, 0.25) is 0 Å². The first-order valence-electron chi connectivity index (χ1n) is 12.1. The number of rotatable bonds is 17. The number of nitrogens with one attached hydrogen (secondary N) is 3. The van der Waals surface area contributed by atoms with Gasteiger partial charge in [0.25, 0.3) is 0 Å². The van der Waals surface area contributed by atoms with Gasteiger partial charge in [-0.2, -0.15) is 0 Å². The van der Waals surface area contributed by atoms with E-state index in [0.717, 1.165) is 17.9 Å². The molecule has 0 rings (SSSR count). The van der Waals surface area contributed by atoms with Crippen LogP contribution in [0.1, 0.15) is 87.5 Å². The molecule has 0 radical (unpaired) electrons. The topological polar surface area (TPSA) is 96.5 Å². The summed E-state index contributed by atoms with van der Waals surface area (Å²) in [6, 6.07) is 0.124. The quantitative estimate of drug-likeness (QED) is 0.197. The molecular formula is C24H49N3O4S2. The summed E-state index contributed by atoms with van der Waals surface area (Å²) >= 11 is 0. The molecule has 0 saturated carbocycles. The van der Waals surface area contributed by atoms with Crippen molar-refractivity contribution >= 4 is 39.3 Å². The van der Waals surface area contributed by atoms with Gasteiger partial charge in [-0.1, -0.05) is 49.3 Å². The number of amides is 3. The van der Waals surface area contributed by atoms with Crippen molar-refractivity contribution in [3.05, 3.63) is 0 Å². The van der Waals surface area contributed by atoms with E-state index in [4.69, 9.17) is 4.74 Å². The summed E-state index contributed by atoms with van der Waals surface area (Å²) in [5, 5.41) is 8.51. The summed E-state index contributed by atoms with van der Waals surface area (Å²) in [6.45, 7) is 16.8. The van der Waals surface area contributed by atoms with E-state index < -0.39 is 5.41 Å². The molecule has 0 aliphatic carbocycles. The normalized spacial score (nSPS) is 11.5. The summed E-state index contributed by atoms with van der Waals surface area (Å²) in [4.78, 5) is 35.3. The zero-order valence-electron chi connectivity index (χ0n) is 22.4. The van der Waals surface area contributed by atoms with Crippen molar-refractivity contribution in [2.75, 3.05) is 31.7 Å². The van der Waals surface area contributed by atoms with E-state index in [0.29, 0.717) is 38.8 Å². The highest BCUT2D eigenvalue weighted by atomic mass is 33.1. The molecule has 33 heavy (non-hydrogen) atoms. The predicted molar refractivity (Wildman–Crippen MR) is 144 cm³/mol. The van der Waals surface area contributed by atoms with Crippen molar-refractivity contribution in [1.82, 2.24) is 16.0 Å². The smallest absolute Gasteiger partial charge is 0.225 e. The van der Waals surface area contributed by atoms with Gasteiger partial charge in [0.1, 0.15) is 0 Å². The molecule has 0 saturated heterocycles. The Bertz CT molecular complexity index is 556. The molecule has 0 spiro atoms. The van der Waals surface area contributed by atoms with Gasteiger partial charge in [-0.15, -0.1) is 0 Å². The molecule has 0 aliphatic heterocycles. The Morgan fingerprint density at radius 2 is 1.52 bits per heavy atom. The maximum Gasteiger partial charge on any atom is 0.225 e. The average molecular weight is 508 g/mol. The van der Waals surface area contributed by atoms with E-state index in [1.165, 1.54) is 0 Å². The number of hydrogen-bond acceptors (Lipinski definition) is 6. The van der Waals surface area contributed by atoms with E-state index in [2.05, 4.69) is 16.0 Å². The minimum Gasteiger partial charge on any atom is -0.375 e. The average Bonchev–Trinajstić information content (AvgIpc) is 2.73. The SMILES string of the molecule is CC.CNC(=O)CCCSSCCC(=O)NCCC(C)(C)OCCC(C)(C)C(=O)NC(C)C. The molecule has 3 N–H and O–H groups in total. The second-order valence-corrected chi connectivity index (χ2v) is 11.8.